The van der Waals surface area contributed by atoms with E-state index in [1.54, 1.807) is 0 Å². The average molecular weight is 523 g/mol. The van der Waals surface area contributed by atoms with E-state index in [9.17, 15) is 0 Å². The molecule has 1 heterocycles. The molecule has 0 radical (unpaired) electrons. The first-order chi connectivity index (χ1) is 19.5. The normalized spacial score (nSPS) is 11.8. The van der Waals surface area contributed by atoms with Gasteiger partial charge >= 0.3 is 0 Å². The highest BCUT2D eigenvalue weighted by Crippen LogP contribution is 2.34. The molecule has 4 nitrogen and oxygen atoms in total. The van der Waals surface area contributed by atoms with Crippen LogP contribution in [0.3, 0.4) is 0 Å². The van der Waals surface area contributed by atoms with E-state index in [0.717, 1.165) is 39.2 Å². The molecular formula is C36H34N4. The molecule has 0 unspecified atom stereocenters. The molecular weight excluding hydrogens is 488 g/mol. The van der Waals surface area contributed by atoms with Crippen molar-refractivity contribution in [3.05, 3.63) is 133 Å². The molecule has 0 spiro atoms. The van der Waals surface area contributed by atoms with Crippen LogP contribution in [0.2, 0.25) is 0 Å². The third-order valence-electron chi connectivity index (χ3n) is 6.69. The Hall–Kier alpha value is -4.83. The topological polar surface area (TPSA) is 41.9 Å². The lowest BCUT2D eigenvalue weighted by molar-refractivity contribution is 0.753. The van der Waals surface area contributed by atoms with Gasteiger partial charge in [0.2, 0.25) is 0 Å². The van der Waals surface area contributed by atoms with Crippen LogP contribution in [-0.4, -0.2) is 21.0 Å². The van der Waals surface area contributed by atoms with E-state index >= 15 is 0 Å². The number of aromatic nitrogens is 3. The molecule has 0 amide bonds. The lowest BCUT2D eigenvalue weighted by Crippen LogP contribution is -2.28. The van der Waals surface area contributed by atoms with Crippen LogP contribution < -0.4 is 4.90 Å². The lowest BCUT2D eigenvalue weighted by atomic mass is 10.00. The second-order valence-electron chi connectivity index (χ2n) is 9.97. The van der Waals surface area contributed by atoms with Crippen LogP contribution in [-0.2, 0) is 0 Å². The minimum absolute atomic E-state index is 0.249. The molecule has 0 saturated carbocycles. The Morgan fingerprint density at radius 3 is 1.52 bits per heavy atom. The molecule has 0 N–H and O–H groups in total. The number of hydrogen-bond acceptors (Lipinski definition) is 4. The molecule has 1 aromatic heterocycles. The molecule has 0 aliphatic carbocycles. The van der Waals surface area contributed by atoms with Crippen molar-refractivity contribution in [1.82, 2.24) is 15.0 Å². The minimum Gasteiger partial charge on any atom is -0.343 e. The summed E-state index contributed by atoms with van der Waals surface area (Å²) < 4.78 is 0. The Labute approximate surface area is 237 Å². The van der Waals surface area contributed by atoms with Gasteiger partial charge in [-0.05, 0) is 63.1 Å². The Morgan fingerprint density at radius 1 is 0.600 bits per heavy atom. The third kappa shape index (κ3) is 6.08. The molecule has 0 aliphatic heterocycles. The maximum Gasteiger partial charge on any atom is 0.164 e. The summed E-state index contributed by atoms with van der Waals surface area (Å²) in [6, 6.07) is 37.5. The van der Waals surface area contributed by atoms with Crippen LogP contribution in [0, 0.1) is 0 Å². The van der Waals surface area contributed by atoms with Crippen molar-refractivity contribution in [2.45, 2.75) is 33.7 Å². The monoisotopic (exact) mass is 522 g/mol. The van der Waals surface area contributed by atoms with Gasteiger partial charge in [-0.2, -0.15) is 0 Å². The van der Waals surface area contributed by atoms with Gasteiger partial charge in [-0.15, -0.1) is 0 Å². The second kappa shape index (κ2) is 12.4. The first-order valence-electron chi connectivity index (χ1n) is 13.7. The number of allylic oxidation sites excluding steroid dienone is 4. The third-order valence-corrected chi connectivity index (χ3v) is 6.69. The molecule has 0 bridgehead atoms. The van der Waals surface area contributed by atoms with Crippen LogP contribution >= 0.6 is 0 Å². The number of anilines is 1. The molecule has 0 saturated heterocycles. The minimum atomic E-state index is 0.249. The fourth-order valence-corrected chi connectivity index (χ4v) is 4.84. The fraction of sp³-hybridized carbons (Fsp3) is 0.139. The first-order valence-corrected chi connectivity index (χ1v) is 13.7. The fourth-order valence-electron chi connectivity index (χ4n) is 4.84. The van der Waals surface area contributed by atoms with E-state index in [1.165, 1.54) is 0 Å². The van der Waals surface area contributed by atoms with Gasteiger partial charge in [-0.1, -0.05) is 103 Å². The summed E-state index contributed by atoms with van der Waals surface area (Å²) in [5.74, 6) is 1.95. The number of hydrogen-bond donors (Lipinski definition) is 0. The largest absolute Gasteiger partial charge is 0.343 e. The summed E-state index contributed by atoms with van der Waals surface area (Å²) in [5.41, 5.74) is 7.36. The van der Waals surface area contributed by atoms with Crippen LogP contribution in [0.4, 0.5) is 5.69 Å². The molecule has 0 aliphatic rings. The molecule has 4 aromatic carbocycles. The summed E-state index contributed by atoms with van der Waals surface area (Å²) in [5, 5.41) is 0. The molecule has 198 valence electrons. The summed E-state index contributed by atoms with van der Waals surface area (Å²) in [4.78, 5) is 17.2. The van der Waals surface area contributed by atoms with Crippen LogP contribution in [0.15, 0.2) is 133 Å². The zero-order valence-corrected chi connectivity index (χ0v) is 23.5. The van der Waals surface area contributed by atoms with Gasteiger partial charge in [0.1, 0.15) is 0 Å². The molecule has 4 heteroatoms. The zero-order chi connectivity index (χ0) is 27.9. The quantitative estimate of drug-likeness (QED) is 0.190. The molecule has 5 aromatic rings. The molecule has 0 fully saturated rings. The number of nitrogens with zero attached hydrogens (tertiary/aromatic N) is 4. The first kappa shape index (κ1) is 26.8. The maximum absolute atomic E-state index is 5.01. The van der Waals surface area contributed by atoms with Crippen LogP contribution in [0.1, 0.15) is 27.7 Å². The highest BCUT2D eigenvalue weighted by Gasteiger charge is 2.18. The van der Waals surface area contributed by atoms with E-state index in [1.807, 2.05) is 73.7 Å². The number of benzene rings is 4. The maximum atomic E-state index is 5.01. The number of rotatable bonds is 8. The predicted molar refractivity (Wildman–Crippen MR) is 168 cm³/mol. The van der Waals surface area contributed by atoms with Crippen LogP contribution in [0.5, 0.6) is 0 Å². The van der Waals surface area contributed by atoms with Crippen molar-refractivity contribution >= 4 is 5.69 Å². The predicted octanol–water partition coefficient (Wildman–Crippen LogP) is 9.23. The SMILES string of the molecule is C/C=C\C=C(/C)N(c1cc(-c2ccccc2)cc(-c2nc(-c3ccccc3)nc(-c3ccccc3)n2)c1)C(C)C. The van der Waals surface area contributed by atoms with Crippen molar-refractivity contribution in [3.63, 3.8) is 0 Å². The van der Waals surface area contributed by atoms with Crippen LogP contribution in [0.25, 0.3) is 45.3 Å². The highest BCUT2D eigenvalue weighted by molar-refractivity contribution is 5.78. The van der Waals surface area contributed by atoms with Gasteiger partial charge in [0.05, 0.1) is 0 Å². The Kier molecular flexibility index (Phi) is 8.26. The molecule has 0 atom stereocenters. The van der Waals surface area contributed by atoms with E-state index < -0.39 is 0 Å². The Balaban J connectivity index is 1.75. The van der Waals surface area contributed by atoms with Gasteiger partial charge in [0.15, 0.2) is 17.5 Å². The van der Waals surface area contributed by atoms with E-state index in [2.05, 4.69) is 86.4 Å². The lowest BCUT2D eigenvalue weighted by Gasteiger charge is -2.30. The van der Waals surface area contributed by atoms with Gasteiger partial charge in [-0.25, -0.2) is 15.0 Å². The standard InChI is InChI=1S/C36H34N4/c1-5-6-16-27(4)40(26(2)3)33-24-31(28-17-10-7-11-18-28)23-32(25-33)36-38-34(29-19-12-8-13-20-29)37-35(39-36)30-21-14-9-15-22-30/h5-26H,1-4H3/b6-5-,27-16+. The van der Waals surface area contributed by atoms with Crippen molar-refractivity contribution in [2.24, 2.45) is 0 Å². The second-order valence-corrected chi connectivity index (χ2v) is 9.97. The van der Waals surface area contributed by atoms with Gasteiger partial charge in [-0.3, -0.25) is 0 Å². The van der Waals surface area contributed by atoms with E-state index in [0.29, 0.717) is 17.5 Å². The summed E-state index contributed by atoms with van der Waals surface area (Å²) >= 11 is 0. The van der Waals surface area contributed by atoms with Gasteiger partial charge < -0.3 is 4.90 Å². The highest BCUT2D eigenvalue weighted by atomic mass is 15.2. The average Bonchev–Trinajstić information content (AvgIpc) is 3.01. The van der Waals surface area contributed by atoms with Crippen molar-refractivity contribution in [3.8, 4) is 45.3 Å². The Bertz CT molecular complexity index is 1560. The van der Waals surface area contributed by atoms with Crippen molar-refractivity contribution < 1.29 is 0 Å². The van der Waals surface area contributed by atoms with Gasteiger partial charge in [0.25, 0.3) is 0 Å². The zero-order valence-electron chi connectivity index (χ0n) is 23.5. The summed E-state index contributed by atoms with van der Waals surface area (Å²) in [6.45, 7) is 8.61. The summed E-state index contributed by atoms with van der Waals surface area (Å²) in [6.07, 6.45) is 6.28. The molecule has 5 rings (SSSR count). The summed E-state index contributed by atoms with van der Waals surface area (Å²) in [7, 11) is 0. The van der Waals surface area contributed by atoms with Crippen molar-refractivity contribution in [2.75, 3.05) is 4.90 Å². The smallest absolute Gasteiger partial charge is 0.164 e. The molecule has 40 heavy (non-hydrogen) atoms. The van der Waals surface area contributed by atoms with E-state index in [4.69, 9.17) is 15.0 Å². The Morgan fingerprint density at radius 2 is 1.05 bits per heavy atom. The van der Waals surface area contributed by atoms with E-state index in [-0.39, 0.29) is 6.04 Å². The van der Waals surface area contributed by atoms with Crippen molar-refractivity contribution in [1.29, 1.82) is 0 Å². The van der Waals surface area contributed by atoms with Gasteiger partial charge in [0, 0.05) is 34.1 Å².